The van der Waals surface area contributed by atoms with Gasteiger partial charge in [0, 0.05) is 25.2 Å². The average molecular weight is 625 g/mol. The van der Waals surface area contributed by atoms with Gasteiger partial charge in [-0.25, -0.2) is 0 Å². The smallest absolute Gasteiger partial charge is 0.169 e. The SMILES string of the molecule is COc1cc2c(cc1OC)C(Cc1ccc(Oc3cc(C[C@@H]4c5cc(OC)c(OC)cc5CCN4C)ccc3O)cc1)N(C)CC2. The molecular weight excluding hydrogens is 580 g/mol. The summed E-state index contributed by atoms with van der Waals surface area (Å²) in [7, 11) is 11.0. The minimum Gasteiger partial charge on any atom is -0.504 e. The first kappa shape index (κ1) is 31.6. The summed E-state index contributed by atoms with van der Waals surface area (Å²) >= 11 is 0. The summed E-state index contributed by atoms with van der Waals surface area (Å²) in [6, 6.07) is 22.6. The van der Waals surface area contributed by atoms with Gasteiger partial charge in [-0.2, -0.15) is 0 Å². The van der Waals surface area contributed by atoms with E-state index in [1.165, 1.54) is 27.8 Å². The van der Waals surface area contributed by atoms with E-state index >= 15 is 0 Å². The van der Waals surface area contributed by atoms with E-state index in [2.05, 4.69) is 60.3 Å². The summed E-state index contributed by atoms with van der Waals surface area (Å²) in [5.41, 5.74) is 7.38. The third-order valence-corrected chi connectivity index (χ3v) is 9.57. The predicted octanol–water partition coefficient (Wildman–Crippen LogP) is 6.76. The van der Waals surface area contributed by atoms with Gasteiger partial charge >= 0.3 is 0 Å². The summed E-state index contributed by atoms with van der Waals surface area (Å²) in [4.78, 5) is 4.77. The number of benzene rings is 4. The molecule has 0 amide bonds. The van der Waals surface area contributed by atoms with Crippen LogP contribution in [0.5, 0.6) is 40.2 Å². The number of ether oxygens (including phenoxy) is 5. The molecule has 1 unspecified atom stereocenters. The second kappa shape index (κ2) is 13.5. The fourth-order valence-corrected chi connectivity index (χ4v) is 6.87. The summed E-state index contributed by atoms with van der Waals surface area (Å²) in [5, 5.41) is 10.7. The molecule has 8 heteroatoms. The monoisotopic (exact) mass is 624 g/mol. The fraction of sp³-hybridized carbons (Fsp3) is 0.368. The number of likely N-dealkylation sites (N-methyl/N-ethyl adjacent to an activating group) is 2. The van der Waals surface area contributed by atoms with Crippen LogP contribution in [0.25, 0.3) is 0 Å². The molecule has 4 aromatic carbocycles. The third-order valence-electron chi connectivity index (χ3n) is 9.57. The molecule has 0 aliphatic carbocycles. The Balaban J connectivity index is 1.18. The Labute approximate surface area is 272 Å². The molecule has 4 aromatic rings. The lowest BCUT2D eigenvalue weighted by Gasteiger charge is -2.35. The zero-order chi connectivity index (χ0) is 32.4. The highest BCUT2D eigenvalue weighted by molar-refractivity contribution is 5.52. The van der Waals surface area contributed by atoms with E-state index in [0.29, 0.717) is 11.5 Å². The second-order valence-electron chi connectivity index (χ2n) is 12.3. The number of methoxy groups -OCH3 is 4. The van der Waals surface area contributed by atoms with Crippen LogP contribution in [0.4, 0.5) is 0 Å². The molecule has 2 atom stereocenters. The van der Waals surface area contributed by atoms with E-state index in [0.717, 1.165) is 67.3 Å². The summed E-state index contributed by atoms with van der Waals surface area (Å²) in [6.45, 7) is 1.93. The first-order chi connectivity index (χ1) is 22.3. The highest BCUT2D eigenvalue weighted by Crippen LogP contribution is 2.41. The Morgan fingerprint density at radius 3 is 1.54 bits per heavy atom. The zero-order valence-electron chi connectivity index (χ0n) is 27.6. The molecule has 0 aromatic heterocycles. The van der Waals surface area contributed by atoms with Gasteiger partial charge in [-0.1, -0.05) is 18.2 Å². The van der Waals surface area contributed by atoms with Gasteiger partial charge in [-0.15, -0.1) is 0 Å². The highest BCUT2D eigenvalue weighted by Gasteiger charge is 2.29. The molecule has 2 aliphatic rings. The van der Waals surface area contributed by atoms with Crippen molar-refractivity contribution >= 4 is 0 Å². The van der Waals surface area contributed by atoms with Crippen molar-refractivity contribution in [1.29, 1.82) is 0 Å². The van der Waals surface area contributed by atoms with Crippen molar-refractivity contribution in [3.05, 3.63) is 100 Å². The number of hydrogen-bond acceptors (Lipinski definition) is 8. The Hall–Kier alpha value is -4.40. The van der Waals surface area contributed by atoms with Gasteiger partial charge in [0.05, 0.1) is 28.4 Å². The highest BCUT2D eigenvalue weighted by atomic mass is 16.5. The lowest BCUT2D eigenvalue weighted by Crippen LogP contribution is -2.33. The quantitative estimate of drug-likeness (QED) is 0.208. The lowest BCUT2D eigenvalue weighted by atomic mass is 9.88. The first-order valence-electron chi connectivity index (χ1n) is 15.8. The molecule has 242 valence electrons. The van der Waals surface area contributed by atoms with Crippen LogP contribution in [0.1, 0.15) is 45.5 Å². The Kier molecular flexibility index (Phi) is 9.29. The van der Waals surface area contributed by atoms with Crippen LogP contribution in [0.2, 0.25) is 0 Å². The predicted molar refractivity (Wildman–Crippen MR) is 179 cm³/mol. The number of hydrogen-bond donors (Lipinski definition) is 1. The van der Waals surface area contributed by atoms with Gasteiger partial charge in [0.15, 0.2) is 34.5 Å². The van der Waals surface area contributed by atoms with Crippen molar-refractivity contribution in [2.24, 2.45) is 0 Å². The molecule has 0 saturated heterocycles. The molecule has 2 aliphatic heterocycles. The Morgan fingerprint density at radius 1 is 0.587 bits per heavy atom. The van der Waals surface area contributed by atoms with Gasteiger partial charge in [0.2, 0.25) is 0 Å². The number of rotatable bonds is 10. The topological polar surface area (TPSA) is 72.9 Å². The van der Waals surface area contributed by atoms with Gasteiger partial charge in [0.1, 0.15) is 5.75 Å². The van der Waals surface area contributed by atoms with Gasteiger partial charge in [0.25, 0.3) is 0 Å². The molecule has 0 bridgehead atoms. The lowest BCUT2D eigenvalue weighted by molar-refractivity contribution is 0.227. The fourth-order valence-electron chi connectivity index (χ4n) is 6.87. The molecule has 0 fully saturated rings. The van der Waals surface area contributed by atoms with E-state index in [4.69, 9.17) is 23.7 Å². The number of fused-ring (bicyclic) bond motifs is 2. The first-order valence-corrected chi connectivity index (χ1v) is 15.8. The number of nitrogens with zero attached hydrogens (tertiary/aromatic N) is 2. The van der Waals surface area contributed by atoms with E-state index in [1.54, 1.807) is 34.5 Å². The maximum absolute atomic E-state index is 10.7. The zero-order valence-corrected chi connectivity index (χ0v) is 27.6. The van der Waals surface area contributed by atoms with Crippen LogP contribution in [0.15, 0.2) is 66.7 Å². The van der Waals surface area contributed by atoms with Crippen LogP contribution in [0, 0.1) is 0 Å². The molecule has 0 radical (unpaired) electrons. The molecule has 46 heavy (non-hydrogen) atoms. The molecule has 8 nitrogen and oxygen atoms in total. The number of aromatic hydroxyl groups is 1. The average Bonchev–Trinajstić information content (AvgIpc) is 3.08. The standard InChI is InChI=1S/C38H44N2O6/c1-39-15-13-26-20-35(42-3)37(44-5)22-29(26)31(39)17-24-7-10-28(11-8-24)46-34-19-25(9-12-33(34)41)18-32-30-23-38(45-6)36(43-4)21-27(30)14-16-40(32)2/h7-12,19-23,31-32,41H,13-18H2,1-6H3/t31?,32-/m1/s1. The van der Waals surface area contributed by atoms with Crippen LogP contribution in [-0.4, -0.2) is 70.5 Å². The van der Waals surface area contributed by atoms with E-state index < -0.39 is 0 Å². The van der Waals surface area contributed by atoms with E-state index in [1.807, 2.05) is 24.3 Å². The van der Waals surface area contributed by atoms with Gasteiger partial charge in [-0.05, 0) is 122 Å². The van der Waals surface area contributed by atoms with Crippen molar-refractivity contribution in [2.75, 3.05) is 55.6 Å². The molecule has 2 heterocycles. The van der Waals surface area contributed by atoms with Crippen molar-refractivity contribution in [3.8, 4) is 40.2 Å². The number of phenolic OH excluding ortho intramolecular Hbond substituents is 1. The molecule has 6 rings (SSSR count). The van der Waals surface area contributed by atoms with E-state index in [-0.39, 0.29) is 17.8 Å². The van der Waals surface area contributed by atoms with Crippen molar-refractivity contribution in [3.63, 3.8) is 0 Å². The minimum atomic E-state index is 0.112. The summed E-state index contributed by atoms with van der Waals surface area (Å²) in [6.07, 6.45) is 3.55. The number of phenols is 1. The molecule has 0 saturated carbocycles. The minimum absolute atomic E-state index is 0.112. The maximum Gasteiger partial charge on any atom is 0.169 e. The molecular formula is C38H44N2O6. The van der Waals surface area contributed by atoms with Gasteiger partial charge in [-0.3, -0.25) is 9.80 Å². The second-order valence-corrected chi connectivity index (χ2v) is 12.3. The largest absolute Gasteiger partial charge is 0.504 e. The van der Waals surface area contributed by atoms with Crippen molar-refractivity contribution in [2.45, 2.75) is 37.8 Å². The molecule has 1 N–H and O–H groups in total. The third kappa shape index (κ3) is 6.32. The Bertz CT molecular complexity index is 1690. The summed E-state index contributed by atoms with van der Waals surface area (Å²) < 4.78 is 28.6. The van der Waals surface area contributed by atoms with Crippen molar-refractivity contribution in [1.82, 2.24) is 9.80 Å². The van der Waals surface area contributed by atoms with Crippen LogP contribution < -0.4 is 23.7 Å². The Morgan fingerprint density at radius 2 is 1.04 bits per heavy atom. The normalized spacial score (nSPS) is 18.0. The maximum atomic E-state index is 10.7. The van der Waals surface area contributed by atoms with Crippen LogP contribution in [-0.2, 0) is 25.7 Å². The van der Waals surface area contributed by atoms with Crippen molar-refractivity contribution < 1.29 is 28.8 Å². The summed E-state index contributed by atoms with van der Waals surface area (Å²) in [5.74, 6) is 4.25. The van der Waals surface area contributed by atoms with Crippen LogP contribution >= 0.6 is 0 Å². The van der Waals surface area contributed by atoms with Crippen LogP contribution in [0.3, 0.4) is 0 Å². The van der Waals surface area contributed by atoms with Gasteiger partial charge < -0.3 is 28.8 Å². The van der Waals surface area contributed by atoms with E-state index in [9.17, 15) is 5.11 Å². The molecule has 0 spiro atoms.